The summed E-state index contributed by atoms with van der Waals surface area (Å²) in [6.45, 7) is 8.13. The summed E-state index contributed by atoms with van der Waals surface area (Å²) in [7, 11) is -1.72. The molecule has 0 aliphatic rings. The van der Waals surface area contributed by atoms with Crippen molar-refractivity contribution in [3.8, 4) is 11.4 Å². The molecule has 0 bridgehead atoms. The van der Waals surface area contributed by atoms with Crippen LogP contribution in [0.25, 0.3) is 16.6 Å². The molecule has 0 atom stereocenters. The quantitative estimate of drug-likeness (QED) is 0.644. The molecule has 0 unspecified atom stereocenters. The van der Waals surface area contributed by atoms with Crippen LogP contribution < -0.4 is 9.99 Å². The topological polar surface area (TPSA) is 44.1 Å². The van der Waals surface area contributed by atoms with E-state index < -0.39 is 8.32 Å². The lowest BCUT2D eigenvalue weighted by Gasteiger charge is -2.20. The fraction of sp³-hybridized carbons (Fsp3) is 0.222. The van der Waals surface area contributed by atoms with Crippen LogP contribution in [0.5, 0.6) is 5.75 Å². The van der Waals surface area contributed by atoms with Crippen molar-refractivity contribution < 1.29 is 4.43 Å². The molecule has 3 rings (SSSR count). The van der Waals surface area contributed by atoms with E-state index >= 15 is 0 Å². The average molecular weight is 359 g/mol. The number of halogens is 1. The third-order valence-corrected chi connectivity index (χ3v) is 4.68. The summed E-state index contributed by atoms with van der Waals surface area (Å²) in [5.74, 6) is 1.32. The summed E-state index contributed by atoms with van der Waals surface area (Å²) >= 11 is 6.44. The Bertz CT molecular complexity index is 977. The monoisotopic (exact) mass is 358 g/mol. The number of nitrogens with zero attached hydrogens (tertiary/aromatic N) is 2. The van der Waals surface area contributed by atoms with Crippen LogP contribution in [0.3, 0.4) is 0 Å². The summed E-state index contributed by atoms with van der Waals surface area (Å²) in [5.41, 5.74) is 1.17. The third-order valence-electron chi connectivity index (χ3n) is 3.53. The molecule has 2 aromatic carbocycles. The van der Waals surface area contributed by atoms with E-state index in [0.29, 0.717) is 27.4 Å². The van der Waals surface area contributed by atoms with E-state index in [0.717, 1.165) is 5.75 Å². The predicted octanol–water partition coefficient (Wildman–Crippen LogP) is 4.56. The summed E-state index contributed by atoms with van der Waals surface area (Å²) in [6, 6.07) is 12.7. The Morgan fingerprint density at radius 2 is 1.83 bits per heavy atom. The fourth-order valence-electron chi connectivity index (χ4n) is 2.61. The molecule has 0 radical (unpaired) electrons. The van der Waals surface area contributed by atoms with Crippen molar-refractivity contribution in [1.82, 2.24) is 9.55 Å². The zero-order valence-corrected chi connectivity index (χ0v) is 15.9. The normalized spacial score (nSPS) is 11.7. The highest BCUT2D eigenvalue weighted by molar-refractivity contribution is 6.70. The minimum Gasteiger partial charge on any atom is -0.544 e. The highest BCUT2D eigenvalue weighted by atomic mass is 35.5. The van der Waals surface area contributed by atoms with Crippen LogP contribution in [0.2, 0.25) is 24.7 Å². The van der Waals surface area contributed by atoms with Gasteiger partial charge in [0.2, 0.25) is 8.32 Å². The van der Waals surface area contributed by atoms with Crippen LogP contribution in [0.1, 0.15) is 5.82 Å². The van der Waals surface area contributed by atoms with Crippen LogP contribution in [-0.2, 0) is 0 Å². The van der Waals surface area contributed by atoms with Crippen molar-refractivity contribution >= 4 is 30.8 Å². The molecule has 4 nitrogen and oxygen atoms in total. The number of rotatable bonds is 3. The molecule has 24 heavy (non-hydrogen) atoms. The standard InChI is InChI=1S/C18H19ClN2O2Si/c1-12-20-16-8-6-5-7-14(16)18(22)21(12)17-10-9-13(11-15(17)19)23-24(2,3)4/h5-11H,1-4H3. The number of hydrogen-bond donors (Lipinski definition) is 0. The van der Waals surface area contributed by atoms with Gasteiger partial charge in [0.25, 0.3) is 5.56 Å². The lowest BCUT2D eigenvalue weighted by molar-refractivity contribution is 0.557. The van der Waals surface area contributed by atoms with Gasteiger partial charge in [0.1, 0.15) is 11.6 Å². The molecule has 0 N–H and O–H groups in total. The van der Waals surface area contributed by atoms with E-state index in [1.807, 2.05) is 30.3 Å². The van der Waals surface area contributed by atoms with E-state index in [1.54, 1.807) is 23.6 Å². The van der Waals surface area contributed by atoms with E-state index in [-0.39, 0.29) is 5.56 Å². The van der Waals surface area contributed by atoms with E-state index in [1.165, 1.54) is 0 Å². The molecule has 1 heterocycles. The van der Waals surface area contributed by atoms with Crippen molar-refractivity contribution in [2.75, 3.05) is 0 Å². The van der Waals surface area contributed by atoms with Crippen LogP contribution in [0, 0.1) is 6.92 Å². The van der Waals surface area contributed by atoms with Crippen molar-refractivity contribution in [2.24, 2.45) is 0 Å². The predicted molar refractivity (Wildman–Crippen MR) is 101 cm³/mol. The van der Waals surface area contributed by atoms with Crippen LogP contribution in [-0.4, -0.2) is 17.9 Å². The summed E-state index contributed by atoms with van der Waals surface area (Å²) in [5, 5.41) is 1.04. The Labute approximate surface area is 146 Å². The third kappa shape index (κ3) is 3.23. The van der Waals surface area contributed by atoms with E-state index in [4.69, 9.17) is 16.0 Å². The van der Waals surface area contributed by atoms with Crippen molar-refractivity contribution in [3.05, 3.63) is 63.7 Å². The second kappa shape index (κ2) is 6.07. The molecule has 3 aromatic rings. The van der Waals surface area contributed by atoms with Crippen LogP contribution in [0.4, 0.5) is 0 Å². The number of aryl methyl sites for hydroxylation is 1. The van der Waals surface area contributed by atoms with Gasteiger partial charge in [-0.2, -0.15) is 0 Å². The zero-order valence-electron chi connectivity index (χ0n) is 14.1. The van der Waals surface area contributed by atoms with Crippen LogP contribution >= 0.6 is 11.6 Å². The van der Waals surface area contributed by atoms with E-state index in [9.17, 15) is 4.79 Å². The lowest BCUT2D eigenvalue weighted by Crippen LogP contribution is -2.29. The molecular formula is C18H19ClN2O2Si. The summed E-state index contributed by atoms with van der Waals surface area (Å²) in [6.07, 6.45) is 0. The molecule has 124 valence electrons. The van der Waals surface area contributed by atoms with Crippen LogP contribution in [0.15, 0.2) is 47.3 Å². The van der Waals surface area contributed by atoms with Gasteiger partial charge in [-0.15, -0.1) is 0 Å². The first-order valence-corrected chi connectivity index (χ1v) is 11.5. The second-order valence-electron chi connectivity index (χ2n) is 6.64. The first-order chi connectivity index (χ1) is 11.3. The summed E-state index contributed by atoms with van der Waals surface area (Å²) in [4.78, 5) is 17.4. The molecule has 6 heteroatoms. The number of para-hydroxylation sites is 1. The Kier molecular flexibility index (Phi) is 4.23. The Balaban J connectivity index is 2.16. The van der Waals surface area contributed by atoms with Gasteiger partial charge in [-0.1, -0.05) is 23.7 Å². The first-order valence-electron chi connectivity index (χ1n) is 7.73. The molecule has 1 aromatic heterocycles. The minimum absolute atomic E-state index is 0.126. The fourth-order valence-corrected chi connectivity index (χ4v) is 3.70. The van der Waals surface area contributed by atoms with Crippen molar-refractivity contribution in [2.45, 2.75) is 26.6 Å². The maximum Gasteiger partial charge on any atom is 0.266 e. The molecule has 0 aliphatic carbocycles. The zero-order chi connectivity index (χ0) is 17.5. The second-order valence-corrected chi connectivity index (χ2v) is 11.5. The van der Waals surface area contributed by atoms with Crippen molar-refractivity contribution in [1.29, 1.82) is 0 Å². The Morgan fingerprint density at radius 3 is 2.50 bits per heavy atom. The largest absolute Gasteiger partial charge is 0.544 e. The smallest absolute Gasteiger partial charge is 0.266 e. The molecule has 0 saturated heterocycles. The van der Waals surface area contributed by atoms with Gasteiger partial charge in [0.15, 0.2) is 0 Å². The lowest BCUT2D eigenvalue weighted by atomic mass is 10.2. The number of fused-ring (bicyclic) bond motifs is 1. The molecule has 0 fully saturated rings. The number of benzene rings is 2. The maximum absolute atomic E-state index is 12.9. The van der Waals surface area contributed by atoms with Gasteiger partial charge >= 0.3 is 0 Å². The van der Waals surface area contributed by atoms with Gasteiger partial charge in [-0.3, -0.25) is 9.36 Å². The average Bonchev–Trinajstić information content (AvgIpc) is 2.47. The van der Waals surface area contributed by atoms with E-state index in [2.05, 4.69) is 24.6 Å². The van der Waals surface area contributed by atoms with Crippen molar-refractivity contribution in [3.63, 3.8) is 0 Å². The Hall–Kier alpha value is -2.11. The van der Waals surface area contributed by atoms with Gasteiger partial charge in [-0.05, 0) is 56.9 Å². The first kappa shape index (κ1) is 16.7. The molecular weight excluding hydrogens is 340 g/mol. The Morgan fingerprint density at radius 1 is 1.12 bits per heavy atom. The maximum atomic E-state index is 12.9. The van der Waals surface area contributed by atoms with Gasteiger partial charge in [0.05, 0.1) is 21.6 Å². The number of aromatic nitrogens is 2. The molecule has 0 saturated carbocycles. The highest BCUT2D eigenvalue weighted by Gasteiger charge is 2.18. The SMILES string of the molecule is Cc1nc2ccccc2c(=O)n1-c1ccc(O[Si](C)(C)C)cc1Cl. The number of hydrogen-bond acceptors (Lipinski definition) is 3. The van der Waals surface area contributed by atoms with Gasteiger partial charge in [-0.25, -0.2) is 4.98 Å². The molecule has 0 amide bonds. The summed E-state index contributed by atoms with van der Waals surface area (Å²) < 4.78 is 7.50. The molecule has 0 aliphatic heterocycles. The van der Waals surface area contributed by atoms with Gasteiger partial charge < -0.3 is 4.43 Å². The highest BCUT2D eigenvalue weighted by Crippen LogP contribution is 2.27. The molecule has 0 spiro atoms. The minimum atomic E-state index is -1.72. The van der Waals surface area contributed by atoms with Gasteiger partial charge in [0, 0.05) is 0 Å².